The fraction of sp³-hybridized carbons (Fsp3) is 0.684. The van der Waals surface area contributed by atoms with E-state index < -0.39 is 0 Å². The van der Waals surface area contributed by atoms with Crippen LogP contribution in [-0.2, 0) is 5.41 Å². The second-order valence-electron chi connectivity index (χ2n) is 8.01. The van der Waals surface area contributed by atoms with Gasteiger partial charge in [0.1, 0.15) is 11.9 Å². The zero-order valence-corrected chi connectivity index (χ0v) is 15.1. The summed E-state index contributed by atoms with van der Waals surface area (Å²) in [5, 5.41) is 3.52. The van der Waals surface area contributed by atoms with Gasteiger partial charge in [-0.05, 0) is 56.7 Å². The minimum Gasteiger partial charge on any atom is -0.489 e. The van der Waals surface area contributed by atoms with Crippen molar-refractivity contribution >= 4 is 0 Å². The summed E-state index contributed by atoms with van der Waals surface area (Å²) in [5.74, 6) is 1.01. The Labute approximate surface area is 131 Å². The lowest BCUT2D eigenvalue weighted by Crippen LogP contribution is -2.42. The van der Waals surface area contributed by atoms with Crippen LogP contribution >= 0.6 is 0 Å². The van der Waals surface area contributed by atoms with E-state index in [2.05, 4.69) is 78.9 Å². The molecule has 0 amide bonds. The van der Waals surface area contributed by atoms with Crippen LogP contribution in [0.25, 0.3) is 0 Å². The first-order valence-corrected chi connectivity index (χ1v) is 8.06. The first-order chi connectivity index (χ1) is 9.53. The van der Waals surface area contributed by atoms with Gasteiger partial charge < -0.3 is 10.1 Å². The summed E-state index contributed by atoms with van der Waals surface area (Å²) in [6, 6.07) is 6.56. The minimum absolute atomic E-state index is 0.127. The number of nitrogens with one attached hydrogen (secondary N) is 1. The number of rotatable bonds is 5. The molecule has 2 nitrogen and oxygen atoms in total. The summed E-state index contributed by atoms with van der Waals surface area (Å²) >= 11 is 0. The molecule has 0 aliphatic carbocycles. The Morgan fingerprint density at radius 3 is 2.14 bits per heavy atom. The molecule has 0 saturated carbocycles. The predicted octanol–water partition coefficient (Wildman–Crippen LogP) is 4.84. The van der Waals surface area contributed by atoms with Crippen LogP contribution in [0.15, 0.2) is 18.2 Å². The Hall–Kier alpha value is -1.02. The van der Waals surface area contributed by atoms with Crippen molar-refractivity contribution in [1.29, 1.82) is 0 Å². The molecule has 1 aromatic carbocycles. The minimum atomic E-state index is 0.127. The van der Waals surface area contributed by atoms with Crippen LogP contribution in [0.5, 0.6) is 5.75 Å². The lowest BCUT2D eigenvalue weighted by atomic mass is 9.86. The molecule has 0 spiro atoms. The monoisotopic (exact) mass is 291 g/mol. The molecular weight excluding hydrogens is 258 g/mol. The van der Waals surface area contributed by atoms with Gasteiger partial charge >= 0.3 is 0 Å². The van der Waals surface area contributed by atoms with Crippen molar-refractivity contribution in [3.05, 3.63) is 29.3 Å². The average Bonchev–Trinajstić information content (AvgIpc) is 2.33. The van der Waals surface area contributed by atoms with E-state index in [0.717, 1.165) is 18.7 Å². The second kappa shape index (κ2) is 6.83. The van der Waals surface area contributed by atoms with Gasteiger partial charge in [0.15, 0.2) is 0 Å². The molecule has 1 N–H and O–H groups in total. The van der Waals surface area contributed by atoms with Crippen molar-refractivity contribution in [2.45, 2.75) is 78.9 Å². The fourth-order valence-corrected chi connectivity index (χ4v) is 2.12. The van der Waals surface area contributed by atoms with Crippen LogP contribution in [-0.4, -0.2) is 18.2 Å². The molecule has 0 aliphatic rings. The zero-order valence-electron chi connectivity index (χ0n) is 15.1. The van der Waals surface area contributed by atoms with E-state index in [0.29, 0.717) is 0 Å². The van der Waals surface area contributed by atoms with Crippen molar-refractivity contribution in [2.75, 3.05) is 6.54 Å². The van der Waals surface area contributed by atoms with Gasteiger partial charge in [0.25, 0.3) is 0 Å². The molecule has 0 aromatic heterocycles. The van der Waals surface area contributed by atoms with Gasteiger partial charge in [-0.15, -0.1) is 0 Å². The van der Waals surface area contributed by atoms with E-state index >= 15 is 0 Å². The number of hydrogen-bond donors (Lipinski definition) is 1. The largest absolute Gasteiger partial charge is 0.489 e. The van der Waals surface area contributed by atoms with E-state index in [1.807, 2.05) is 0 Å². The van der Waals surface area contributed by atoms with Crippen molar-refractivity contribution in [1.82, 2.24) is 5.32 Å². The Balaban J connectivity index is 2.77. The zero-order chi connectivity index (χ0) is 16.3. The standard InChI is InChI=1S/C19H33NO/c1-9-16(13-20-19(6,7)8)21-17-11-10-15(12-14(17)2)18(3,4)5/h10-12,16,20H,9,13H2,1-8H3. The molecule has 1 atom stereocenters. The summed E-state index contributed by atoms with van der Waals surface area (Å²) in [6.45, 7) is 18.5. The third kappa shape index (κ3) is 6.09. The molecule has 1 rings (SSSR count). The number of aryl methyl sites for hydroxylation is 1. The van der Waals surface area contributed by atoms with E-state index in [9.17, 15) is 0 Å². The Kier molecular flexibility index (Phi) is 5.86. The molecule has 0 fully saturated rings. The average molecular weight is 291 g/mol. The van der Waals surface area contributed by atoms with Crippen LogP contribution in [0.1, 0.15) is 66.0 Å². The van der Waals surface area contributed by atoms with Gasteiger partial charge in [0.2, 0.25) is 0 Å². The van der Waals surface area contributed by atoms with Crippen LogP contribution in [0.3, 0.4) is 0 Å². The van der Waals surface area contributed by atoms with Crippen molar-refractivity contribution in [2.24, 2.45) is 0 Å². The molecular formula is C19H33NO. The van der Waals surface area contributed by atoms with Crippen LogP contribution in [0.4, 0.5) is 0 Å². The van der Waals surface area contributed by atoms with E-state index in [1.165, 1.54) is 11.1 Å². The predicted molar refractivity (Wildman–Crippen MR) is 92.3 cm³/mol. The summed E-state index contributed by atoms with van der Waals surface area (Å²) < 4.78 is 6.19. The molecule has 0 heterocycles. The van der Waals surface area contributed by atoms with Crippen LogP contribution in [0.2, 0.25) is 0 Å². The molecule has 1 aromatic rings. The Morgan fingerprint density at radius 2 is 1.71 bits per heavy atom. The molecule has 0 radical (unpaired) electrons. The van der Waals surface area contributed by atoms with Gasteiger partial charge in [-0.3, -0.25) is 0 Å². The third-order valence-electron chi connectivity index (χ3n) is 3.65. The second-order valence-corrected chi connectivity index (χ2v) is 8.01. The smallest absolute Gasteiger partial charge is 0.122 e. The first kappa shape index (κ1) is 18.0. The summed E-state index contributed by atoms with van der Waals surface area (Å²) in [7, 11) is 0. The summed E-state index contributed by atoms with van der Waals surface area (Å²) in [5.41, 5.74) is 2.88. The molecule has 0 bridgehead atoms. The first-order valence-electron chi connectivity index (χ1n) is 8.06. The quantitative estimate of drug-likeness (QED) is 0.838. The summed E-state index contributed by atoms with van der Waals surface area (Å²) in [6.07, 6.45) is 1.22. The van der Waals surface area contributed by atoms with E-state index in [4.69, 9.17) is 4.74 Å². The SMILES string of the molecule is CCC(CNC(C)(C)C)Oc1ccc(C(C)(C)C)cc1C. The van der Waals surface area contributed by atoms with Gasteiger partial charge in [0, 0.05) is 12.1 Å². The lowest BCUT2D eigenvalue weighted by molar-refractivity contribution is 0.180. The van der Waals surface area contributed by atoms with Crippen molar-refractivity contribution < 1.29 is 4.74 Å². The van der Waals surface area contributed by atoms with Crippen LogP contribution in [0, 0.1) is 6.92 Å². The molecule has 1 unspecified atom stereocenters. The number of hydrogen-bond acceptors (Lipinski definition) is 2. The molecule has 0 aliphatic heterocycles. The molecule has 120 valence electrons. The van der Waals surface area contributed by atoms with E-state index in [1.54, 1.807) is 0 Å². The van der Waals surface area contributed by atoms with Gasteiger partial charge in [-0.25, -0.2) is 0 Å². The number of benzene rings is 1. The fourth-order valence-electron chi connectivity index (χ4n) is 2.12. The topological polar surface area (TPSA) is 21.3 Å². The maximum absolute atomic E-state index is 6.19. The highest BCUT2D eigenvalue weighted by atomic mass is 16.5. The van der Waals surface area contributed by atoms with Crippen molar-refractivity contribution in [3.8, 4) is 5.75 Å². The highest BCUT2D eigenvalue weighted by molar-refractivity contribution is 5.38. The number of ether oxygens (including phenoxy) is 1. The molecule has 0 saturated heterocycles. The Bertz CT molecular complexity index is 452. The molecule has 21 heavy (non-hydrogen) atoms. The van der Waals surface area contributed by atoms with Crippen LogP contribution < -0.4 is 10.1 Å². The normalized spacial score (nSPS) is 14.1. The highest BCUT2D eigenvalue weighted by Crippen LogP contribution is 2.28. The Morgan fingerprint density at radius 1 is 1.10 bits per heavy atom. The van der Waals surface area contributed by atoms with Crippen molar-refractivity contribution in [3.63, 3.8) is 0 Å². The highest BCUT2D eigenvalue weighted by Gasteiger charge is 2.17. The maximum Gasteiger partial charge on any atom is 0.122 e. The molecule has 2 heteroatoms. The lowest BCUT2D eigenvalue weighted by Gasteiger charge is -2.26. The van der Waals surface area contributed by atoms with Gasteiger partial charge in [0.05, 0.1) is 0 Å². The van der Waals surface area contributed by atoms with Gasteiger partial charge in [-0.2, -0.15) is 0 Å². The van der Waals surface area contributed by atoms with E-state index in [-0.39, 0.29) is 17.1 Å². The van der Waals surface area contributed by atoms with Gasteiger partial charge in [-0.1, -0.05) is 39.8 Å². The third-order valence-corrected chi connectivity index (χ3v) is 3.65. The summed E-state index contributed by atoms with van der Waals surface area (Å²) in [4.78, 5) is 0. The maximum atomic E-state index is 6.19.